The molecule has 2 aromatic carbocycles. The van der Waals surface area contributed by atoms with Crippen molar-refractivity contribution in [1.29, 1.82) is 0 Å². The van der Waals surface area contributed by atoms with Gasteiger partial charge in [0.2, 0.25) is 0 Å². The van der Waals surface area contributed by atoms with Crippen molar-refractivity contribution in [2.24, 2.45) is 10.2 Å². The Morgan fingerprint density at radius 1 is 0.692 bits per heavy atom. The summed E-state index contributed by atoms with van der Waals surface area (Å²) in [5.74, 6) is 1.66. The maximum atomic E-state index is 5.35. The van der Waals surface area contributed by atoms with Crippen LogP contribution in [0.3, 0.4) is 0 Å². The second-order valence-electron chi connectivity index (χ2n) is 5.88. The van der Waals surface area contributed by atoms with Crippen LogP contribution in [0.5, 0.6) is 11.5 Å². The second-order valence-corrected chi connectivity index (χ2v) is 5.88. The maximum Gasteiger partial charge on any atom is 0.127 e. The molecule has 136 valence electrons. The first-order chi connectivity index (χ1) is 12.8. The Kier molecular flexibility index (Phi) is 6.09. The van der Waals surface area contributed by atoms with Gasteiger partial charge in [0.25, 0.3) is 0 Å². The lowest BCUT2D eigenvalue weighted by Crippen LogP contribution is -2.41. The van der Waals surface area contributed by atoms with Crippen LogP contribution in [-0.2, 0) is 0 Å². The Balaban J connectivity index is 1.54. The second kappa shape index (κ2) is 8.89. The van der Waals surface area contributed by atoms with Crippen molar-refractivity contribution >= 4 is 12.4 Å². The van der Waals surface area contributed by atoms with Gasteiger partial charge in [0, 0.05) is 11.1 Å². The number of benzene rings is 2. The summed E-state index contributed by atoms with van der Waals surface area (Å²) in [4.78, 5) is 0. The van der Waals surface area contributed by atoms with E-state index >= 15 is 0 Å². The highest BCUT2D eigenvalue weighted by Gasteiger charge is 2.13. The Bertz CT molecular complexity index is 702. The van der Waals surface area contributed by atoms with Gasteiger partial charge in [-0.15, -0.1) is 0 Å². The molecule has 1 aliphatic rings. The first-order valence-corrected chi connectivity index (χ1v) is 8.64. The molecule has 0 bridgehead atoms. The van der Waals surface area contributed by atoms with Crippen LogP contribution in [0.2, 0.25) is 0 Å². The minimum absolute atomic E-state index is 0.828. The molecule has 0 aromatic heterocycles. The summed E-state index contributed by atoms with van der Waals surface area (Å²) >= 11 is 0. The number of methoxy groups -OCH3 is 2. The number of hydrogen-bond donors (Lipinski definition) is 0. The molecular formula is C20H24N4O2. The first-order valence-electron chi connectivity index (χ1n) is 8.64. The van der Waals surface area contributed by atoms with Gasteiger partial charge in [-0.2, -0.15) is 10.2 Å². The Labute approximate surface area is 154 Å². The molecule has 2 aromatic rings. The van der Waals surface area contributed by atoms with Crippen molar-refractivity contribution in [2.45, 2.75) is 0 Å². The Morgan fingerprint density at radius 3 is 1.46 bits per heavy atom. The van der Waals surface area contributed by atoms with Gasteiger partial charge >= 0.3 is 0 Å². The number of ether oxygens (including phenoxy) is 2. The van der Waals surface area contributed by atoms with E-state index in [0.717, 1.165) is 48.8 Å². The van der Waals surface area contributed by atoms with Crippen molar-refractivity contribution < 1.29 is 9.47 Å². The predicted molar refractivity (Wildman–Crippen MR) is 104 cm³/mol. The zero-order valence-corrected chi connectivity index (χ0v) is 15.2. The summed E-state index contributed by atoms with van der Waals surface area (Å²) in [6.45, 7) is 3.31. The molecule has 0 spiro atoms. The zero-order valence-electron chi connectivity index (χ0n) is 15.2. The van der Waals surface area contributed by atoms with Crippen LogP contribution in [0.1, 0.15) is 11.1 Å². The van der Waals surface area contributed by atoms with E-state index in [-0.39, 0.29) is 0 Å². The number of nitrogens with zero attached hydrogens (tertiary/aromatic N) is 4. The van der Waals surface area contributed by atoms with Crippen LogP contribution in [0, 0.1) is 0 Å². The maximum absolute atomic E-state index is 5.35. The highest BCUT2D eigenvalue weighted by atomic mass is 16.5. The minimum atomic E-state index is 0.828. The van der Waals surface area contributed by atoms with E-state index in [2.05, 4.69) is 20.2 Å². The quantitative estimate of drug-likeness (QED) is 0.750. The molecule has 1 aliphatic heterocycles. The molecule has 0 atom stereocenters. The molecule has 0 saturated carbocycles. The number of hydrogen-bond acceptors (Lipinski definition) is 6. The normalized spacial score (nSPS) is 15.0. The fraction of sp³-hybridized carbons (Fsp3) is 0.300. The van der Waals surface area contributed by atoms with Gasteiger partial charge in [-0.05, 0) is 24.3 Å². The van der Waals surface area contributed by atoms with Crippen molar-refractivity contribution in [3.8, 4) is 11.5 Å². The smallest absolute Gasteiger partial charge is 0.127 e. The highest BCUT2D eigenvalue weighted by molar-refractivity contribution is 5.83. The van der Waals surface area contributed by atoms with E-state index in [1.807, 2.05) is 61.0 Å². The van der Waals surface area contributed by atoms with Crippen molar-refractivity contribution in [3.05, 3.63) is 59.7 Å². The third-order valence-electron chi connectivity index (χ3n) is 4.23. The SMILES string of the molecule is COc1ccccc1/C=N/N1CCN(/N=C/c2ccccc2OC)CC1. The van der Waals surface area contributed by atoms with Crippen LogP contribution in [-0.4, -0.2) is 62.8 Å². The largest absolute Gasteiger partial charge is 0.496 e. The van der Waals surface area contributed by atoms with Gasteiger partial charge in [0.05, 0.1) is 52.8 Å². The van der Waals surface area contributed by atoms with Gasteiger partial charge in [-0.1, -0.05) is 24.3 Å². The summed E-state index contributed by atoms with van der Waals surface area (Å²) in [6.07, 6.45) is 3.71. The summed E-state index contributed by atoms with van der Waals surface area (Å²) in [5.41, 5.74) is 1.96. The molecule has 6 nitrogen and oxygen atoms in total. The van der Waals surface area contributed by atoms with Gasteiger partial charge < -0.3 is 9.47 Å². The molecule has 0 N–H and O–H groups in total. The van der Waals surface area contributed by atoms with Gasteiger partial charge in [-0.3, -0.25) is 10.0 Å². The average molecular weight is 352 g/mol. The first kappa shape index (κ1) is 17.8. The van der Waals surface area contributed by atoms with E-state index in [1.165, 1.54) is 0 Å². The fourth-order valence-electron chi connectivity index (χ4n) is 2.75. The molecular weight excluding hydrogens is 328 g/mol. The number of rotatable bonds is 6. The summed E-state index contributed by atoms with van der Waals surface area (Å²) in [5, 5.41) is 13.3. The van der Waals surface area contributed by atoms with Crippen molar-refractivity contribution in [2.75, 3.05) is 40.4 Å². The van der Waals surface area contributed by atoms with Crippen LogP contribution in [0.25, 0.3) is 0 Å². The third-order valence-corrected chi connectivity index (χ3v) is 4.23. The highest BCUT2D eigenvalue weighted by Crippen LogP contribution is 2.16. The molecule has 0 amide bonds. The van der Waals surface area contributed by atoms with E-state index in [9.17, 15) is 0 Å². The lowest BCUT2D eigenvalue weighted by atomic mass is 10.2. The monoisotopic (exact) mass is 352 g/mol. The lowest BCUT2D eigenvalue weighted by molar-refractivity contribution is 0.141. The molecule has 0 radical (unpaired) electrons. The summed E-state index contributed by atoms with van der Waals surface area (Å²) < 4.78 is 10.7. The van der Waals surface area contributed by atoms with Gasteiger partial charge in [0.1, 0.15) is 11.5 Å². The topological polar surface area (TPSA) is 49.7 Å². The zero-order chi connectivity index (χ0) is 18.2. The number of para-hydroxylation sites is 2. The lowest BCUT2D eigenvalue weighted by Gasteiger charge is -2.31. The fourth-order valence-corrected chi connectivity index (χ4v) is 2.75. The van der Waals surface area contributed by atoms with Crippen LogP contribution in [0.15, 0.2) is 58.7 Å². The molecule has 1 fully saturated rings. The average Bonchev–Trinajstić information content (AvgIpc) is 2.72. The molecule has 26 heavy (non-hydrogen) atoms. The number of hydrazone groups is 2. The van der Waals surface area contributed by atoms with Crippen molar-refractivity contribution in [3.63, 3.8) is 0 Å². The van der Waals surface area contributed by atoms with Crippen molar-refractivity contribution in [1.82, 2.24) is 10.0 Å². The van der Waals surface area contributed by atoms with E-state index in [0.29, 0.717) is 0 Å². The Hall–Kier alpha value is -3.02. The standard InChI is InChI=1S/C20H24N4O2/c1-25-19-9-5-3-7-17(19)15-21-23-11-13-24(14-12-23)22-16-18-8-4-6-10-20(18)26-2/h3-10,15-16H,11-14H2,1-2H3/b21-15+,22-16+. The third kappa shape index (κ3) is 4.53. The predicted octanol–water partition coefficient (Wildman–Crippen LogP) is 2.69. The molecule has 3 rings (SSSR count). The summed E-state index contributed by atoms with van der Waals surface area (Å²) in [7, 11) is 3.34. The molecule has 0 unspecified atom stereocenters. The van der Waals surface area contributed by atoms with E-state index < -0.39 is 0 Å². The molecule has 6 heteroatoms. The van der Waals surface area contributed by atoms with Gasteiger partial charge in [-0.25, -0.2) is 0 Å². The van der Waals surface area contributed by atoms with Crippen LogP contribution < -0.4 is 9.47 Å². The van der Waals surface area contributed by atoms with E-state index in [4.69, 9.17) is 9.47 Å². The van der Waals surface area contributed by atoms with Gasteiger partial charge in [0.15, 0.2) is 0 Å². The molecule has 0 aliphatic carbocycles. The Morgan fingerprint density at radius 2 is 1.08 bits per heavy atom. The van der Waals surface area contributed by atoms with Crippen LogP contribution >= 0.6 is 0 Å². The summed E-state index contributed by atoms with van der Waals surface area (Å²) in [6, 6.07) is 15.7. The van der Waals surface area contributed by atoms with E-state index in [1.54, 1.807) is 14.2 Å². The molecule has 1 heterocycles. The molecule has 1 saturated heterocycles. The number of piperazine rings is 1. The minimum Gasteiger partial charge on any atom is -0.496 e. The van der Waals surface area contributed by atoms with Crippen LogP contribution in [0.4, 0.5) is 0 Å².